The molecule has 0 bridgehead atoms. The van der Waals surface area contributed by atoms with Crippen molar-refractivity contribution in [1.29, 1.82) is 0 Å². The Bertz CT molecular complexity index is 952. The number of thioether (sulfide) groups is 1. The first-order valence-electron chi connectivity index (χ1n) is 11.0. The molecule has 0 radical (unpaired) electrons. The highest BCUT2D eigenvalue weighted by molar-refractivity contribution is 8.13. The van der Waals surface area contributed by atoms with Crippen molar-refractivity contribution < 1.29 is 9.18 Å². The van der Waals surface area contributed by atoms with Gasteiger partial charge in [-0.15, -0.1) is 0 Å². The smallest absolute Gasteiger partial charge is 0.230 e. The normalized spacial score (nSPS) is 25.0. The van der Waals surface area contributed by atoms with Crippen LogP contribution in [0.5, 0.6) is 0 Å². The Morgan fingerprint density at radius 1 is 1.03 bits per heavy atom. The Balaban J connectivity index is 1.33. The molecule has 0 aromatic heterocycles. The number of fused-ring (bicyclic) bond motifs is 3. The number of hydrazone groups is 1. The minimum atomic E-state index is -0.220. The number of hydrogen-bond acceptors (Lipinski definition) is 5. The minimum Gasteiger partial charge on any atom is -0.307 e. The van der Waals surface area contributed by atoms with Crippen LogP contribution in [0.2, 0.25) is 0 Å². The maximum absolute atomic E-state index is 13.4. The summed E-state index contributed by atoms with van der Waals surface area (Å²) >= 11 is 1.66. The molecule has 5 nitrogen and oxygen atoms in total. The van der Waals surface area contributed by atoms with Crippen LogP contribution < -0.4 is 5.43 Å². The van der Waals surface area contributed by atoms with Crippen LogP contribution in [0.25, 0.3) is 0 Å². The number of amides is 1. The Kier molecular flexibility index (Phi) is 5.85. The molecule has 7 heteroatoms. The fraction of sp³-hybridized carbons (Fsp3) is 0.417. The first kappa shape index (κ1) is 20.4. The van der Waals surface area contributed by atoms with E-state index < -0.39 is 0 Å². The number of nitrogens with one attached hydrogen (secondary N) is 1. The highest BCUT2D eigenvalue weighted by Crippen LogP contribution is 2.39. The van der Waals surface area contributed by atoms with E-state index in [2.05, 4.69) is 27.6 Å². The molecule has 1 saturated carbocycles. The lowest BCUT2D eigenvalue weighted by Gasteiger charge is -2.50. The van der Waals surface area contributed by atoms with Crippen LogP contribution in [-0.2, 0) is 17.0 Å². The molecule has 1 aliphatic carbocycles. The molecule has 2 heterocycles. The number of benzene rings is 2. The van der Waals surface area contributed by atoms with E-state index in [1.807, 2.05) is 35.2 Å². The van der Waals surface area contributed by atoms with Crippen molar-refractivity contribution in [3.05, 3.63) is 71.5 Å². The standard InChI is InChI=1S/C24H27FN4OS/c25-19-12-10-18(11-13-19)16-31-24-27-26-23-28(15-14-17-6-2-1-3-7-17)22(30)20-8-4-5-9-21(20)29(23)24/h1-3,6-7,10-13,20-21,23,26H,4-5,8-9,14-16H2. The molecule has 0 spiro atoms. The molecule has 2 aromatic rings. The number of amidine groups is 1. The van der Waals surface area contributed by atoms with Crippen LogP contribution in [0.15, 0.2) is 59.7 Å². The zero-order chi connectivity index (χ0) is 21.2. The van der Waals surface area contributed by atoms with Crippen LogP contribution in [0, 0.1) is 11.7 Å². The van der Waals surface area contributed by atoms with E-state index >= 15 is 0 Å². The van der Waals surface area contributed by atoms with Crippen LogP contribution in [-0.4, -0.2) is 39.8 Å². The van der Waals surface area contributed by atoms with Crippen molar-refractivity contribution in [1.82, 2.24) is 15.2 Å². The summed E-state index contributed by atoms with van der Waals surface area (Å²) in [4.78, 5) is 17.7. The monoisotopic (exact) mass is 438 g/mol. The van der Waals surface area contributed by atoms with Gasteiger partial charge in [0.15, 0.2) is 11.5 Å². The van der Waals surface area contributed by atoms with Gasteiger partial charge in [0.05, 0.1) is 5.92 Å². The van der Waals surface area contributed by atoms with Gasteiger partial charge in [0.25, 0.3) is 0 Å². The van der Waals surface area contributed by atoms with Gasteiger partial charge >= 0.3 is 0 Å². The summed E-state index contributed by atoms with van der Waals surface area (Å²) in [6, 6.07) is 17.1. The molecule has 1 amide bonds. The van der Waals surface area contributed by atoms with E-state index in [0.29, 0.717) is 6.54 Å². The number of rotatable bonds is 5. The third kappa shape index (κ3) is 4.15. The predicted octanol–water partition coefficient (Wildman–Crippen LogP) is 4.16. The molecule has 1 N–H and O–H groups in total. The molecule has 162 valence electrons. The predicted molar refractivity (Wildman–Crippen MR) is 121 cm³/mol. The van der Waals surface area contributed by atoms with E-state index in [0.717, 1.165) is 48.6 Å². The van der Waals surface area contributed by atoms with Gasteiger partial charge in [-0.2, -0.15) is 5.10 Å². The molecule has 5 rings (SSSR count). The van der Waals surface area contributed by atoms with Gasteiger partial charge in [-0.1, -0.05) is 67.1 Å². The second-order valence-corrected chi connectivity index (χ2v) is 9.39. The second kappa shape index (κ2) is 8.91. The summed E-state index contributed by atoms with van der Waals surface area (Å²) in [5.41, 5.74) is 5.54. The lowest BCUT2D eigenvalue weighted by atomic mass is 9.81. The Morgan fingerprint density at radius 2 is 1.81 bits per heavy atom. The van der Waals surface area contributed by atoms with Gasteiger partial charge in [-0.25, -0.2) is 4.39 Å². The summed E-state index contributed by atoms with van der Waals surface area (Å²) < 4.78 is 13.2. The van der Waals surface area contributed by atoms with Gasteiger partial charge in [-0.05, 0) is 42.5 Å². The lowest BCUT2D eigenvalue weighted by molar-refractivity contribution is -0.155. The first-order valence-corrected chi connectivity index (χ1v) is 12.0. The highest BCUT2D eigenvalue weighted by atomic mass is 32.2. The average Bonchev–Trinajstić information content (AvgIpc) is 3.23. The molecule has 3 atom stereocenters. The number of carbonyl (C=O) groups is 1. The van der Waals surface area contributed by atoms with E-state index in [9.17, 15) is 9.18 Å². The molecule has 2 aliphatic heterocycles. The van der Waals surface area contributed by atoms with Crippen LogP contribution >= 0.6 is 11.8 Å². The van der Waals surface area contributed by atoms with Gasteiger partial charge in [0.1, 0.15) is 5.82 Å². The summed E-state index contributed by atoms with van der Waals surface area (Å²) in [5, 5.41) is 5.56. The quantitative estimate of drug-likeness (QED) is 0.762. The van der Waals surface area contributed by atoms with Gasteiger partial charge in [-0.3, -0.25) is 10.2 Å². The number of nitrogens with zero attached hydrogens (tertiary/aromatic N) is 3. The summed E-state index contributed by atoms with van der Waals surface area (Å²) in [6.07, 6.45) is 4.85. The van der Waals surface area contributed by atoms with Crippen LogP contribution in [0.4, 0.5) is 4.39 Å². The summed E-state index contributed by atoms with van der Waals surface area (Å²) in [5.74, 6) is 0.799. The third-order valence-corrected chi connectivity index (χ3v) is 7.55. The Morgan fingerprint density at radius 3 is 2.61 bits per heavy atom. The highest BCUT2D eigenvalue weighted by Gasteiger charge is 2.50. The molecular weight excluding hydrogens is 411 g/mol. The summed E-state index contributed by atoms with van der Waals surface area (Å²) in [6.45, 7) is 0.672. The third-order valence-electron chi connectivity index (χ3n) is 6.51. The maximum Gasteiger partial charge on any atom is 0.230 e. The second-order valence-electron chi connectivity index (χ2n) is 8.45. The largest absolute Gasteiger partial charge is 0.307 e. The topological polar surface area (TPSA) is 47.9 Å². The maximum atomic E-state index is 13.4. The van der Waals surface area contributed by atoms with E-state index in [1.54, 1.807) is 11.8 Å². The molecule has 1 saturated heterocycles. The van der Waals surface area contributed by atoms with Crippen molar-refractivity contribution in [2.45, 2.75) is 50.2 Å². The Labute approximate surface area is 186 Å². The SMILES string of the molecule is O=C1C2CCCCC2N2C(SCc3ccc(F)cc3)=NNC2N1CCc1ccccc1. The zero-order valence-corrected chi connectivity index (χ0v) is 18.2. The zero-order valence-electron chi connectivity index (χ0n) is 17.4. The van der Waals surface area contributed by atoms with Crippen molar-refractivity contribution in [2.75, 3.05) is 6.54 Å². The van der Waals surface area contributed by atoms with Gasteiger partial charge in [0, 0.05) is 18.3 Å². The first-order chi connectivity index (χ1) is 15.2. The molecule has 31 heavy (non-hydrogen) atoms. The summed E-state index contributed by atoms with van der Waals surface area (Å²) in [7, 11) is 0. The minimum absolute atomic E-state index is 0.0392. The fourth-order valence-electron chi connectivity index (χ4n) is 4.91. The van der Waals surface area contributed by atoms with Crippen molar-refractivity contribution in [3.8, 4) is 0 Å². The molecule has 2 aromatic carbocycles. The van der Waals surface area contributed by atoms with Gasteiger partial charge < -0.3 is 9.80 Å². The van der Waals surface area contributed by atoms with Crippen molar-refractivity contribution in [3.63, 3.8) is 0 Å². The number of hydrogen-bond donors (Lipinski definition) is 1. The number of halogens is 1. The van der Waals surface area contributed by atoms with E-state index in [-0.39, 0.29) is 30.0 Å². The Hall–Kier alpha value is -2.54. The van der Waals surface area contributed by atoms with Crippen molar-refractivity contribution in [2.24, 2.45) is 11.0 Å². The average molecular weight is 439 g/mol. The van der Waals surface area contributed by atoms with Gasteiger partial charge in [0.2, 0.25) is 5.91 Å². The lowest BCUT2D eigenvalue weighted by Crippen LogP contribution is -2.67. The molecule has 3 unspecified atom stereocenters. The van der Waals surface area contributed by atoms with E-state index in [1.165, 1.54) is 17.7 Å². The van der Waals surface area contributed by atoms with E-state index in [4.69, 9.17) is 0 Å². The van der Waals surface area contributed by atoms with Crippen LogP contribution in [0.1, 0.15) is 36.8 Å². The molecular formula is C24H27FN4OS. The molecule has 2 fully saturated rings. The number of carbonyl (C=O) groups excluding carboxylic acids is 1. The van der Waals surface area contributed by atoms with Crippen LogP contribution in [0.3, 0.4) is 0 Å². The fourth-order valence-corrected chi connectivity index (χ4v) is 5.90. The van der Waals surface area contributed by atoms with Crippen molar-refractivity contribution >= 4 is 22.8 Å². The molecule has 3 aliphatic rings.